The summed E-state index contributed by atoms with van der Waals surface area (Å²) in [7, 11) is 1.76. The van der Waals surface area contributed by atoms with Crippen molar-refractivity contribution in [3.63, 3.8) is 0 Å². The quantitative estimate of drug-likeness (QED) is 0.783. The number of hydrogen-bond donors (Lipinski definition) is 3. The van der Waals surface area contributed by atoms with Gasteiger partial charge in [0.2, 0.25) is 0 Å². The molecule has 0 spiro atoms. The zero-order chi connectivity index (χ0) is 13.8. The second kappa shape index (κ2) is 5.43. The molecule has 6 heteroatoms. The van der Waals surface area contributed by atoms with Crippen molar-refractivity contribution < 1.29 is 4.79 Å². The van der Waals surface area contributed by atoms with Crippen molar-refractivity contribution in [3.8, 4) is 0 Å². The fourth-order valence-electron chi connectivity index (χ4n) is 1.62. The number of carbonyl (C=O) groups is 1. The number of hydrogen-bond acceptors (Lipinski definition) is 3. The Hall–Kier alpha value is -2.50. The standard InChI is InChI=1S/C13H17N5O/c1-9-3-5-11(6-4-9)17-13(19)15-7-10-8-16-18(2)12(10)14/h3-6,8H,7,14H2,1-2H3,(H2,15,17,19). The van der Waals surface area contributed by atoms with E-state index < -0.39 is 0 Å². The Morgan fingerprint density at radius 3 is 2.63 bits per heavy atom. The number of nitrogens with two attached hydrogens (primary N) is 1. The molecule has 0 bridgehead atoms. The zero-order valence-corrected chi connectivity index (χ0v) is 11.0. The highest BCUT2D eigenvalue weighted by Crippen LogP contribution is 2.10. The highest BCUT2D eigenvalue weighted by atomic mass is 16.2. The van der Waals surface area contributed by atoms with E-state index >= 15 is 0 Å². The summed E-state index contributed by atoms with van der Waals surface area (Å²) in [5, 5.41) is 9.49. The smallest absolute Gasteiger partial charge is 0.319 e. The van der Waals surface area contributed by atoms with Gasteiger partial charge in [0.1, 0.15) is 5.82 Å². The number of rotatable bonds is 3. The van der Waals surface area contributed by atoms with Crippen molar-refractivity contribution in [2.24, 2.45) is 7.05 Å². The molecule has 0 atom stereocenters. The van der Waals surface area contributed by atoms with Crippen LogP contribution in [0.5, 0.6) is 0 Å². The van der Waals surface area contributed by atoms with E-state index in [0.29, 0.717) is 12.4 Å². The number of urea groups is 1. The van der Waals surface area contributed by atoms with Crippen LogP contribution in [-0.2, 0) is 13.6 Å². The van der Waals surface area contributed by atoms with Crippen LogP contribution < -0.4 is 16.4 Å². The molecule has 0 saturated heterocycles. The van der Waals surface area contributed by atoms with Gasteiger partial charge < -0.3 is 16.4 Å². The molecule has 2 aromatic rings. The summed E-state index contributed by atoms with van der Waals surface area (Å²) in [6.07, 6.45) is 1.64. The number of benzene rings is 1. The summed E-state index contributed by atoms with van der Waals surface area (Å²) in [5.41, 5.74) is 8.48. The SMILES string of the molecule is Cc1ccc(NC(=O)NCc2cnn(C)c2N)cc1. The van der Waals surface area contributed by atoms with Crippen LogP contribution in [-0.4, -0.2) is 15.8 Å². The van der Waals surface area contributed by atoms with Crippen molar-refractivity contribution in [2.75, 3.05) is 11.1 Å². The summed E-state index contributed by atoms with van der Waals surface area (Å²) in [6.45, 7) is 2.34. The summed E-state index contributed by atoms with van der Waals surface area (Å²) in [6, 6.07) is 7.32. The average molecular weight is 259 g/mol. The number of nitrogens with one attached hydrogen (secondary N) is 2. The maximum absolute atomic E-state index is 11.7. The lowest BCUT2D eigenvalue weighted by Crippen LogP contribution is -2.28. The lowest BCUT2D eigenvalue weighted by atomic mass is 10.2. The first-order valence-electron chi connectivity index (χ1n) is 5.94. The van der Waals surface area contributed by atoms with E-state index in [4.69, 9.17) is 5.73 Å². The van der Waals surface area contributed by atoms with E-state index in [1.54, 1.807) is 17.9 Å². The summed E-state index contributed by atoms with van der Waals surface area (Å²) in [4.78, 5) is 11.7. The molecule has 1 heterocycles. The fraction of sp³-hybridized carbons (Fsp3) is 0.231. The molecule has 0 saturated carbocycles. The van der Waals surface area contributed by atoms with E-state index in [1.807, 2.05) is 31.2 Å². The first-order valence-corrected chi connectivity index (χ1v) is 5.94. The van der Waals surface area contributed by atoms with E-state index in [9.17, 15) is 4.79 Å². The average Bonchev–Trinajstić information content (AvgIpc) is 2.70. The Labute approximate surface area is 111 Å². The molecule has 6 nitrogen and oxygen atoms in total. The molecular weight excluding hydrogens is 242 g/mol. The maximum atomic E-state index is 11.7. The third-order valence-corrected chi connectivity index (χ3v) is 2.81. The van der Waals surface area contributed by atoms with E-state index in [-0.39, 0.29) is 6.03 Å². The lowest BCUT2D eigenvalue weighted by molar-refractivity contribution is 0.252. The van der Waals surface area contributed by atoms with Gasteiger partial charge in [-0.2, -0.15) is 5.10 Å². The van der Waals surface area contributed by atoms with Crippen molar-refractivity contribution in [1.29, 1.82) is 0 Å². The van der Waals surface area contributed by atoms with Gasteiger partial charge >= 0.3 is 6.03 Å². The molecule has 0 fully saturated rings. The normalized spacial score (nSPS) is 10.2. The molecule has 19 heavy (non-hydrogen) atoms. The van der Waals surface area contributed by atoms with Crippen molar-refractivity contribution >= 4 is 17.5 Å². The molecule has 0 unspecified atom stereocenters. The molecule has 2 rings (SSSR count). The number of nitrogens with zero attached hydrogens (tertiary/aromatic N) is 2. The highest BCUT2D eigenvalue weighted by molar-refractivity contribution is 5.89. The Balaban J connectivity index is 1.88. The van der Waals surface area contributed by atoms with Crippen molar-refractivity contribution in [3.05, 3.63) is 41.6 Å². The van der Waals surface area contributed by atoms with Crippen LogP contribution in [0.3, 0.4) is 0 Å². The van der Waals surface area contributed by atoms with Crippen LogP contribution in [0.2, 0.25) is 0 Å². The molecule has 100 valence electrons. The van der Waals surface area contributed by atoms with Crippen LogP contribution in [0, 0.1) is 6.92 Å². The first-order chi connectivity index (χ1) is 9.06. The van der Waals surface area contributed by atoms with Gasteiger partial charge in [0, 0.05) is 24.8 Å². The number of amides is 2. The molecule has 1 aromatic carbocycles. The van der Waals surface area contributed by atoms with Crippen LogP contribution in [0.15, 0.2) is 30.5 Å². The second-order valence-corrected chi connectivity index (χ2v) is 4.35. The minimum atomic E-state index is -0.271. The number of nitrogen functional groups attached to an aromatic ring is 1. The third-order valence-electron chi connectivity index (χ3n) is 2.81. The van der Waals surface area contributed by atoms with Gasteiger partial charge in [0.25, 0.3) is 0 Å². The maximum Gasteiger partial charge on any atom is 0.319 e. The minimum absolute atomic E-state index is 0.271. The van der Waals surface area contributed by atoms with E-state index in [0.717, 1.165) is 16.8 Å². The predicted molar refractivity (Wildman–Crippen MR) is 74.7 cm³/mol. The molecule has 0 aliphatic heterocycles. The van der Waals surface area contributed by atoms with Gasteiger partial charge in [-0.3, -0.25) is 4.68 Å². The molecule has 0 aliphatic rings. The fourth-order valence-corrected chi connectivity index (χ4v) is 1.62. The number of aromatic nitrogens is 2. The van der Waals surface area contributed by atoms with Crippen LogP contribution >= 0.6 is 0 Å². The van der Waals surface area contributed by atoms with Gasteiger partial charge in [0.05, 0.1) is 6.20 Å². The number of aryl methyl sites for hydroxylation is 2. The number of anilines is 2. The summed E-state index contributed by atoms with van der Waals surface area (Å²) >= 11 is 0. The zero-order valence-electron chi connectivity index (χ0n) is 11.0. The Morgan fingerprint density at radius 1 is 1.37 bits per heavy atom. The monoisotopic (exact) mass is 259 g/mol. The molecule has 0 aliphatic carbocycles. The van der Waals surface area contributed by atoms with Crippen LogP contribution in [0.25, 0.3) is 0 Å². The molecule has 1 aromatic heterocycles. The van der Waals surface area contributed by atoms with Gasteiger partial charge in [-0.15, -0.1) is 0 Å². The predicted octanol–water partition coefficient (Wildman–Crippen LogP) is 1.63. The Morgan fingerprint density at radius 2 is 2.05 bits per heavy atom. The molecule has 4 N–H and O–H groups in total. The minimum Gasteiger partial charge on any atom is -0.384 e. The van der Waals surface area contributed by atoms with Crippen molar-refractivity contribution in [1.82, 2.24) is 15.1 Å². The molecule has 2 amide bonds. The first kappa shape index (κ1) is 12.9. The lowest BCUT2D eigenvalue weighted by Gasteiger charge is -2.07. The topological polar surface area (TPSA) is 85.0 Å². The van der Waals surface area contributed by atoms with Crippen LogP contribution in [0.1, 0.15) is 11.1 Å². The Kier molecular flexibility index (Phi) is 3.70. The molecule has 0 radical (unpaired) electrons. The van der Waals surface area contributed by atoms with Crippen molar-refractivity contribution in [2.45, 2.75) is 13.5 Å². The van der Waals surface area contributed by atoms with Gasteiger partial charge in [0.15, 0.2) is 0 Å². The van der Waals surface area contributed by atoms with Gasteiger partial charge in [-0.1, -0.05) is 17.7 Å². The van der Waals surface area contributed by atoms with Gasteiger partial charge in [-0.25, -0.2) is 4.79 Å². The largest absolute Gasteiger partial charge is 0.384 e. The molecular formula is C13H17N5O. The third kappa shape index (κ3) is 3.25. The highest BCUT2D eigenvalue weighted by Gasteiger charge is 2.06. The number of carbonyl (C=O) groups excluding carboxylic acids is 1. The summed E-state index contributed by atoms with van der Waals surface area (Å²) < 4.78 is 1.56. The van der Waals surface area contributed by atoms with E-state index in [2.05, 4.69) is 15.7 Å². The summed E-state index contributed by atoms with van der Waals surface area (Å²) in [5.74, 6) is 0.552. The van der Waals surface area contributed by atoms with Crippen LogP contribution in [0.4, 0.5) is 16.3 Å². The Bertz CT molecular complexity index is 573. The van der Waals surface area contributed by atoms with Gasteiger partial charge in [-0.05, 0) is 19.1 Å². The van der Waals surface area contributed by atoms with E-state index in [1.165, 1.54) is 0 Å². The second-order valence-electron chi connectivity index (χ2n) is 4.35.